The first kappa shape index (κ1) is 16.0. The van der Waals surface area contributed by atoms with Crippen LogP contribution in [0.5, 0.6) is 5.75 Å². The maximum Gasteiger partial charge on any atom is 0.161 e. The van der Waals surface area contributed by atoms with Crippen molar-refractivity contribution in [2.24, 2.45) is 4.99 Å². The van der Waals surface area contributed by atoms with E-state index in [1.807, 2.05) is 6.92 Å². The summed E-state index contributed by atoms with van der Waals surface area (Å²) < 4.78 is 0. The lowest BCUT2D eigenvalue weighted by Gasteiger charge is -2.04. The molecule has 0 saturated heterocycles. The zero-order valence-corrected chi connectivity index (χ0v) is 12.7. The number of aromatic hydroxyl groups is 1. The molecule has 0 saturated carbocycles. The molecular formula is C18H16N4O. The molecule has 0 aliphatic carbocycles. The van der Waals surface area contributed by atoms with Gasteiger partial charge in [0.25, 0.3) is 0 Å². The number of nitrogens with zero attached hydrogens (tertiary/aromatic N) is 3. The molecule has 0 atom stereocenters. The summed E-state index contributed by atoms with van der Waals surface area (Å²) in [4.78, 5) is 3.94. The van der Waals surface area contributed by atoms with E-state index in [2.05, 4.69) is 33.6 Å². The van der Waals surface area contributed by atoms with Crippen molar-refractivity contribution in [2.75, 3.05) is 5.73 Å². The van der Waals surface area contributed by atoms with Gasteiger partial charge < -0.3 is 10.8 Å². The van der Waals surface area contributed by atoms with Crippen molar-refractivity contribution >= 4 is 12.0 Å². The highest BCUT2D eigenvalue weighted by Gasteiger charge is 2.08. The summed E-state index contributed by atoms with van der Waals surface area (Å²) >= 11 is 0. The molecule has 2 aromatic rings. The number of nitrogen functional groups attached to an aromatic ring is 1. The molecule has 0 spiro atoms. The van der Waals surface area contributed by atoms with Crippen LogP contribution in [0.1, 0.15) is 12.5 Å². The molecule has 0 amide bonds. The second-order valence-electron chi connectivity index (χ2n) is 4.54. The zero-order valence-electron chi connectivity index (χ0n) is 12.7. The van der Waals surface area contributed by atoms with Crippen molar-refractivity contribution in [3.63, 3.8) is 0 Å². The first-order valence-corrected chi connectivity index (χ1v) is 6.88. The minimum Gasteiger partial charge on any atom is -0.507 e. The maximum absolute atomic E-state index is 9.89. The number of hydrogen-bond acceptors (Lipinski definition) is 5. The molecule has 5 nitrogen and oxygen atoms in total. The van der Waals surface area contributed by atoms with Crippen LogP contribution in [0.4, 0.5) is 5.82 Å². The fraction of sp³-hybridized carbons (Fsp3) is 0.0556. The van der Waals surface area contributed by atoms with Crippen molar-refractivity contribution in [3.05, 3.63) is 60.3 Å². The summed E-state index contributed by atoms with van der Waals surface area (Å²) in [5, 5.41) is 17.8. The van der Waals surface area contributed by atoms with Gasteiger partial charge in [0, 0.05) is 23.6 Å². The Morgan fingerprint density at radius 1 is 1.35 bits per heavy atom. The van der Waals surface area contributed by atoms with E-state index in [4.69, 9.17) is 5.73 Å². The summed E-state index contributed by atoms with van der Waals surface area (Å²) in [5.74, 6) is 6.13. The topological polar surface area (TPSA) is 84.4 Å². The number of rotatable bonds is 3. The van der Waals surface area contributed by atoms with E-state index in [-0.39, 0.29) is 11.6 Å². The van der Waals surface area contributed by atoms with E-state index in [0.29, 0.717) is 22.4 Å². The van der Waals surface area contributed by atoms with Gasteiger partial charge in [-0.1, -0.05) is 30.6 Å². The molecule has 0 aliphatic rings. The van der Waals surface area contributed by atoms with Gasteiger partial charge in [0.1, 0.15) is 5.75 Å². The minimum atomic E-state index is 0.121. The van der Waals surface area contributed by atoms with Gasteiger partial charge in [0.15, 0.2) is 5.82 Å². The number of aliphatic imine (C=N–C) groups is 1. The van der Waals surface area contributed by atoms with Gasteiger partial charge in [-0.05, 0) is 31.2 Å². The highest BCUT2D eigenvalue weighted by Crippen LogP contribution is 2.27. The third kappa shape index (κ3) is 4.29. The Morgan fingerprint density at radius 3 is 2.87 bits per heavy atom. The van der Waals surface area contributed by atoms with Crippen LogP contribution in [0.3, 0.4) is 0 Å². The predicted octanol–water partition coefficient (Wildman–Crippen LogP) is 2.94. The molecule has 1 aromatic carbocycles. The predicted molar refractivity (Wildman–Crippen MR) is 92.9 cm³/mol. The summed E-state index contributed by atoms with van der Waals surface area (Å²) in [5.41, 5.74) is 7.98. The quantitative estimate of drug-likeness (QED) is 0.519. The molecule has 2 rings (SSSR count). The Hall–Kier alpha value is -3.39. The number of aromatic nitrogens is 2. The number of nitrogens with two attached hydrogens (primary N) is 1. The van der Waals surface area contributed by atoms with Crippen LogP contribution in [-0.2, 0) is 0 Å². The number of hydrogen-bond donors (Lipinski definition) is 2. The Labute approximate surface area is 134 Å². The van der Waals surface area contributed by atoms with E-state index < -0.39 is 0 Å². The van der Waals surface area contributed by atoms with Crippen molar-refractivity contribution < 1.29 is 5.11 Å². The largest absolute Gasteiger partial charge is 0.507 e. The summed E-state index contributed by atoms with van der Waals surface area (Å²) in [6, 6.07) is 8.56. The molecule has 1 heterocycles. The Morgan fingerprint density at radius 2 is 2.13 bits per heavy atom. The molecule has 0 bridgehead atoms. The summed E-state index contributed by atoms with van der Waals surface area (Å²) in [7, 11) is 0. The van der Waals surface area contributed by atoms with E-state index in [1.165, 1.54) is 0 Å². The highest BCUT2D eigenvalue weighted by molar-refractivity contribution is 5.69. The molecular weight excluding hydrogens is 288 g/mol. The van der Waals surface area contributed by atoms with Crippen LogP contribution < -0.4 is 5.73 Å². The summed E-state index contributed by atoms with van der Waals surface area (Å²) in [6.07, 6.45) is 4.97. The van der Waals surface area contributed by atoms with Crippen LogP contribution in [0.2, 0.25) is 0 Å². The van der Waals surface area contributed by atoms with Gasteiger partial charge in [0.05, 0.1) is 11.3 Å². The van der Waals surface area contributed by atoms with Gasteiger partial charge in [-0.2, -0.15) is 0 Å². The normalized spacial score (nSPS) is 10.7. The summed E-state index contributed by atoms with van der Waals surface area (Å²) in [6.45, 7) is 5.64. The average molecular weight is 304 g/mol. The van der Waals surface area contributed by atoms with Gasteiger partial charge in [-0.25, -0.2) is 0 Å². The molecule has 5 heteroatoms. The smallest absolute Gasteiger partial charge is 0.161 e. The van der Waals surface area contributed by atoms with Crippen LogP contribution in [-0.4, -0.2) is 21.5 Å². The van der Waals surface area contributed by atoms with Gasteiger partial charge in [0.2, 0.25) is 0 Å². The SMILES string of the molecule is C=C(C#Cc1cc(-c2ccccc2O)nnc1N)/C=C\N=C/C. The fourth-order valence-electron chi connectivity index (χ4n) is 1.73. The van der Waals surface area contributed by atoms with Crippen LogP contribution >= 0.6 is 0 Å². The minimum absolute atomic E-state index is 0.121. The zero-order chi connectivity index (χ0) is 16.7. The lowest BCUT2D eigenvalue weighted by molar-refractivity contribution is 0.477. The van der Waals surface area contributed by atoms with Gasteiger partial charge in [-0.3, -0.25) is 4.99 Å². The Kier molecular flexibility index (Phi) is 5.26. The van der Waals surface area contributed by atoms with E-state index in [9.17, 15) is 5.11 Å². The number of para-hydroxylation sites is 1. The second kappa shape index (κ2) is 7.57. The third-order valence-corrected chi connectivity index (χ3v) is 2.87. The number of benzene rings is 1. The highest BCUT2D eigenvalue weighted by atomic mass is 16.3. The van der Waals surface area contributed by atoms with Crippen molar-refractivity contribution in [3.8, 4) is 28.8 Å². The Balaban J connectivity index is 2.33. The lowest BCUT2D eigenvalue weighted by Crippen LogP contribution is -1.99. The molecule has 0 aliphatic heterocycles. The molecule has 0 unspecified atom stereocenters. The van der Waals surface area contributed by atoms with E-state index >= 15 is 0 Å². The average Bonchev–Trinajstić information content (AvgIpc) is 2.55. The lowest BCUT2D eigenvalue weighted by atomic mass is 10.1. The molecule has 114 valence electrons. The first-order chi connectivity index (χ1) is 11.1. The van der Waals surface area contributed by atoms with Gasteiger partial charge >= 0.3 is 0 Å². The van der Waals surface area contributed by atoms with Crippen molar-refractivity contribution in [1.82, 2.24) is 10.2 Å². The maximum atomic E-state index is 9.89. The number of phenolic OH excluding ortho intramolecular Hbond substituents is 1. The molecule has 0 radical (unpaired) electrons. The second-order valence-corrected chi connectivity index (χ2v) is 4.54. The van der Waals surface area contributed by atoms with E-state index in [1.54, 1.807) is 48.8 Å². The molecule has 1 aromatic heterocycles. The fourth-order valence-corrected chi connectivity index (χ4v) is 1.73. The Bertz CT molecular complexity index is 842. The molecule has 0 fully saturated rings. The molecule has 3 N–H and O–H groups in total. The van der Waals surface area contributed by atoms with Gasteiger partial charge in [-0.15, -0.1) is 10.2 Å². The third-order valence-electron chi connectivity index (χ3n) is 2.87. The van der Waals surface area contributed by atoms with Crippen LogP contribution in [0.25, 0.3) is 11.3 Å². The van der Waals surface area contributed by atoms with Crippen molar-refractivity contribution in [1.29, 1.82) is 0 Å². The monoisotopic (exact) mass is 304 g/mol. The van der Waals surface area contributed by atoms with E-state index in [0.717, 1.165) is 0 Å². The number of phenols is 1. The van der Waals surface area contributed by atoms with Crippen LogP contribution in [0.15, 0.2) is 59.8 Å². The van der Waals surface area contributed by atoms with Crippen molar-refractivity contribution in [2.45, 2.75) is 6.92 Å². The van der Waals surface area contributed by atoms with Crippen LogP contribution in [0, 0.1) is 11.8 Å². The number of anilines is 1. The first-order valence-electron chi connectivity index (χ1n) is 6.88. The number of allylic oxidation sites excluding steroid dienone is 2. The molecule has 23 heavy (non-hydrogen) atoms. The standard InChI is InChI=1S/C18H16N4O/c1-3-20-11-10-13(2)8-9-14-12-16(21-22-18(14)19)15-6-4-5-7-17(15)23/h3-7,10-12,23H,2H2,1H3,(H2,19,22)/b11-10-,20-3-.